The summed E-state index contributed by atoms with van der Waals surface area (Å²) < 4.78 is 7.62. The van der Waals surface area contributed by atoms with E-state index in [1.165, 1.54) is 5.56 Å². The fourth-order valence-corrected chi connectivity index (χ4v) is 4.61. The van der Waals surface area contributed by atoms with E-state index in [-0.39, 0.29) is 11.9 Å². The Bertz CT molecular complexity index is 1210. The largest absolute Gasteiger partial charge is 0.377 e. The van der Waals surface area contributed by atoms with E-state index in [2.05, 4.69) is 34.3 Å². The van der Waals surface area contributed by atoms with Gasteiger partial charge in [0.1, 0.15) is 11.7 Å². The summed E-state index contributed by atoms with van der Waals surface area (Å²) in [4.78, 5) is 30.7. The van der Waals surface area contributed by atoms with Crippen LogP contribution >= 0.6 is 0 Å². The minimum atomic E-state index is -0.340. The van der Waals surface area contributed by atoms with E-state index in [4.69, 9.17) is 14.7 Å². The number of fused-ring (bicyclic) bond motifs is 3. The zero-order chi connectivity index (χ0) is 23.1. The molecule has 0 saturated carbocycles. The molecular formula is C24H29N7O2. The summed E-state index contributed by atoms with van der Waals surface area (Å²) in [5, 5.41) is 3.40. The number of imidazole rings is 1. The first kappa shape index (κ1) is 21.4. The molecule has 1 atom stereocenters. The van der Waals surface area contributed by atoms with Crippen LogP contribution in [0.5, 0.6) is 0 Å². The molecule has 1 aromatic carbocycles. The third-order valence-corrected chi connectivity index (χ3v) is 6.33. The zero-order valence-electron chi connectivity index (χ0n) is 19.5. The maximum Gasteiger partial charge on any atom is 0.252 e. The lowest BCUT2D eigenvalue weighted by molar-refractivity contribution is -0.122. The van der Waals surface area contributed by atoms with Crippen molar-refractivity contribution in [2.45, 2.75) is 39.7 Å². The second-order valence-electron chi connectivity index (χ2n) is 8.45. The molecule has 0 bridgehead atoms. The highest BCUT2D eigenvalue weighted by atomic mass is 16.5. The first-order valence-electron chi connectivity index (χ1n) is 11.4. The maximum atomic E-state index is 12.9. The molecule has 1 amide bonds. The molecule has 1 fully saturated rings. The number of likely N-dealkylation sites (N-methyl/N-ethyl adjacent to an activating group) is 1. The molecule has 3 aromatic rings. The predicted molar refractivity (Wildman–Crippen MR) is 128 cm³/mol. The number of aromatic nitrogens is 4. The van der Waals surface area contributed by atoms with Crippen LogP contribution in [-0.2, 0) is 22.4 Å². The number of benzene rings is 1. The van der Waals surface area contributed by atoms with Crippen molar-refractivity contribution >= 4 is 29.0 Å². The van der Waals surface area contributed by atoms with Crippen molar-refractivity contribution in [2.75, 3.05) is 41.9 Å². The molecule has 4 heterocycles. The Balaban J connectivity index is 1.51. The molecule has 1 unspecified atom stereocenters. The van der Waals surface area contributed by atoms with E-state index in [1.54, 1.807) is 11.9 Å². The van der Waals surface area contributed by atoms with Gasteiger partial charge < -0.3 is 24.4 Å². The molecule has 1 saturated heterocycles. The summed E-state index contributed by atoms with van der Waals surface area (Å²) in [6.45, 7) is 7.77. The standard InChI is InChI=1S/C24H29N7O2/c1-5-16-11-17(7-8-19(16)30-12-15(3)25-14-30)26-24-27-18(6-2)21-22(28-24)31-9-10-33-13-20(31)23(32)29(21)4/h7-8,11-12,14,20H,5-6,9-10,13H2,1-4H3,(H,26,27,28). The summed E-state index contributed by atoms with van der Waals surface area (Å²) in [5.41, 5.74) is 5.87. The fraction of sp³-hybridized carbons (Fsp3) is 0.417. The molecule has 172 valence electrons. The molecule has 9 nitrogen and oxygen atoms in total. The van der Waals surface area contributed by atoms with E-state index < -0.39 is 0 Å². The van der Waals surface area contributed by atoms with Crippen molar-refractivity contribution in [2.24, 2.45) is 0 Å². The van der Waals surface area contributed by atoms with Crippen LogP contribution in [0.25, 0.3) is 5.69 Å². The highest BCUT2D eigenvalue weighted by molar-refractivity contribution is 6.05. The summed E-state index contributed by atoms with van der Waals surface area (Å²) in [6.07, 6.45) is 5.45. The van der Waals surface area contributed by atoms with Crippen molar-refractivity contribution in [1.29, 1.82) is 0 Å². The Morgan fingerprint density at radius 2 is 2.06 bits per heavy atom. The first-order valence-corrected chi connectivity index (χ1v) is 11.4. The van der Waals surface area contributed by atoms with E-state index in [0.717, 1.165) is 40.7 Å². The lowest BCUT2D eigenvalue weighted by Crippen LogP contribution is -2.58. The Kier molecular flexibility index (Phi) is 5.49. The lowest BCUT2D eigenvalue weighted by Gasteiger charge is -2.43. The van der Waals surface area contributed by atoms with Gasteiger partial charge in [-0.05, 0) is 43.5 Å². The van der Waals surface area contributed by atoms with Gasteiger partial charge in [0.25, 0.3) is 5.91 Å². The van der Waals surface area contributed by atoms with Gasteiger partial charge in [0, 0.05) is 31.2 Å². The molecule has 33 heavy (non-hydrogen) atoms. The molecule has 0 aliphatic carbocycles. The molecule has 5 rings (SSSR count). The molecule has 9 heteroatoms. The Morgan fingerprint density at radius 3 is 2.79 bits per heavy atom. The quantitative estimate of drug-likeness (QED) is 0.643. The van der Waals surface area contributed by atoms with Gasteiger partial charge in [-0.3, -0.25) is 4.79 Å². The topological polar surface area (TPSA) is 88.4 Å². The van der Waals surface area contributed by atoms with Gasteiger partial charge in [-0.25, -0.2) is 9.97 Å². The first-order chi connectivity index (χ1) is 16.0. The number of nitrogens with one attached hydrogen (secondary N) is 1. The number of hydrogen-bond donors (Lipinski definition) is 1. The van der Waals surface area contributed by atoms with Gasteiger partial charge >= 0.3 is 0 Å². The van der Waals surface area contributed by atoms with Crippen LogP contribution in [0.1, 0.15) is 30.8 Å². The summed E-state index contributed by atoms with van der Waals surface area (Å²) in [6, 6.07) is 5.91. The molecule has 0 spiro atoms. The third-order valence-electron chi connectivity index (χ3n) is 6.33. The Hall–Kier alpha value is -3.46. The van der Waals surface area contributed by atoms with Crippen LogP contribution in [0.15, 0.2) is 30.7 Å². The van der Waals surface area contributed by atoms with Gasteiger partial charge in [-0.2, -0.15) is 4.98 Å². The number of hydrogen-bond acceptors (Lipinski definition) is 7. The molecule has 1 N–H and O–H groups in total. The van der Waals surface area contributed by atoms with E-state index >= 15 is 0 Å². The van der Waals surface area contributed by atoms with Gasteiger partial charge in [0.05, 0.1) is 30.9 Å². The number of morpholine rings is 1. The number of aryl methyl sites for hydroxylation is 3. The average Bonchev–Trinajstić information content (AvgIpc) is 3.27. The predicted octanol–water partition coefficient (Wildman–Crippen LogP) is 3.02. The van der Waals surface area contributed by atoms with E-state index in [9.17, 15) is 4.79 Å². The third kappa shape index (κ3) is 3.72. The number of amides is 1. The fourth-order valence-electron chi connectivity index (χ4n) is 4.61. The van der Waals surface area contributed by atoms with Crippen LogP contribution in [0.4, 0.5) is 23.1 Å². The number of carbonyl (C=O) groups is 1. The van der Waals surface area contributed by atoms with Crippen LogP contribution in [0.3, 0.4) is 0 Å². The summed E-state index contributed by atoms with van der Waals surface area (Å²) >= 11 is 0. The molecule has 0 radical (unpaired) electrons. The second kappa shape index (κ2) is 8.47. The van der Waals surface area contributed by atoms with E-state index in [1.807, 2.05) is 37.0 Å². The molecular weight excluding hydrogens is 418 g/mol. The summed E-state index contributed by atoms with van der Waals surface area (Å²) in [5.74, 6) is 1.35. The lowest BCUT2D eigenvalue weighted by atomic mass is 10.1. The van der Waals surface area contributed by atoms with Crippen molar-refractivity contribution in [1.82, 2.24) is 19.5 Å². The van der Waals surface area contributed by atoms with Crippen molar-refractivity contribution < 1.29 is 9.53 Å². The number of carbonyl (C=O) groups excluding carboxylic acids is 1. The van der Waals surface area contributed by atoms with Gasteiger partial charge in [-0.15, -0.1) is 0 Å². The maximum absolute atomic E-state index is 12.9. The number of rotatable bonds is 5. The smallest absolute Gasteiger partial charge is 0.252 e. The zero-order valence-corrected chi connectivity index (χ0v) is 19.5. The van der Waals surface area contributed by atoms with Crippen LogP contribution in [0.2, 0.25) is 0 Å². The average molecular weight is 448 g/mol. The van der Waals surface area contributed by atoms with Gasteiger partial charge in [0.15, 0.2) is 5.82 Å². The monoisotopic (exact) mass is 447 g/mol. The van der Waals surface area contributed by atoms with Crippen LogP contribution in [0, 0.1) is 6.92 Å². The number of ether oxygens (including phenoxy) is 1. The highest BCUT2D eigenvalue weighted by Crippen LogP contribution is 2.38. The molecule has 2 aliphatic heterocycles. The van der Waals surface area contributed by atoms with Crippen molar-refractivity contribution in [3.63, 3.8) is 0 Å². The van der Waals surface area contributed by atoms with E-state index in [0.29, 0.717) is 32.1 Å². The molecule has 2 aliphatic rings. The SMILES string of the molecule is CCc1cc(Nc2nc(CC)c3c(n2)N2CCOCC2C(=O)N3C)ccc1-n1cnc(C)c1. The summed E-state index contributed by atoms with van der Waals surface area (Å²) in [7, 11) is 1.80. The second-order valence-corrected chi connectivity index (χ2v) is 8.45. The Labute approximate surface area is 193 Å². The van der Waals surface area contributed by atoms with Crippen molar-refractivity contribution in [3.05, 3.63) is 47.7 Å². The minimum absolute atomic E-state index is 0.0270. The highest BCUT2D eigenvalue weighted by Gasteiger charge is 2.41. The Morgan fingerprint density at radius 1 is 1.21 bits per heavy atom. The van der Waals surface area contributed by atoms with Crippen LogP contribution < -0.4 is 15.1 Å². The number of anilines is 4. The van der Waals surface area contributed by atoms with Crippen LogP contribution in [-0.4, -0.2) is 58.3 Å². The van der Waals surface area contributed by atoms with Gasteiger partial charge in [0.2, 0.25) is 5.95 Å². The number of nitrogens with zero attached hydrogens (tertiary/aromatic N) is 6. The minimum Gasteiger partial charge on any atom is -0.377 e. The van der Waals surface area contributed by atoms with Crippen molar-refractivity contribution in [3.8, 4) is 5.69 Å². The molecule has 2 aromatic heterocycles. The normalized spacial score (nSPS) is 17.7. The van der Waals surface area contributed by atoms with Gasteiger partial charge in [-0.1, -0.05) is 13.8 Å².